The zero-order valence-corrected chi connectivity index (χ0v) is 7.79. The van der Waals surface area contributed by atoms with Crippen LogP contribution in [-0.4, -0.2) is 18.3 Å². The van der Waals surface area contributed by atoms with E-state index in [2.05, 4.69) is 9.84 Å². The highest BCUT2D eigenvalue weighted by molar-refractivity contribution is 6.11. The molecule has 0 saturated heterocycles. The smallest absolute Gasteiger partial charge is 0.299 e. The number of anilines is 1. The van der Waals surface area contributed by atoms with Gasteiger partial charge in [0, 0.05) is 0 Å². The molecule has 2 rings (SSSR count). The van der Waals surface area contributed by atoms with Crippen molar-refractivity contribution in [3.8, 4) is 0 Å². The summed E-state index contributed by atoms with van der Waals surface area (Å²) in [5.74, 6) is -0.0862. The maximum atomic E-state index is 11.5. The Hall–Kier alpha value is -2.17. The van der Waals surface area contributed by atoms with Gasteiger partial charge in [-0.15, -0.1) is 5.10 Å². The number of ether oxygens (including phenoxy) is 1. The van der Waals surface area contributed by atoms with Crippen molar-refractivity contribution < 1.29 is 14.3 Å². The van der Waals surface area contributed by atoms with E-state index in [1.165, 1.54) is 5.01 Å². The monoisotopic (exact) mass is 204 g/mol. The summed E-state index contributed by atoms with van der Waals surface area (Å²) in [6.45, 7) is 0.264. The number of para-hydroxylation sites is 1. The molecule has 1 aliphatic heterocycles. The SMILES string of the molecule is O=COC1=NN(c2ccccc2)C(=O)C1. The third kappa shape index (κ3) is 1.85. The molecule has 76 valence electrons. The first kappa shape index (κ1) is 9.39. The number of hydrogen-bond acceptors (Lipinski definition) is 4. The van der Waals surface area contributed by atoms with E-state index in [-0.39, 0.29) is 24.7 Å². The molecule has 0 aromatic heterocycles. The minimum Gasteiger partial charge on any atom is -0.412 e. The molecule has 1 aromatic rings. The summed E-state index contributed by atoms with van der Waals surface area (Å²) >= 11 is 0. The van der Waals surface area contributed by atoms with Crippen molar-refractivity contribution in [3.63, 3.8) is 0 Å². The van der Waals surface area contributed by atoms with Crippen molar-refractivity contribution in [2.45, 2.75) is 6.42 Å². The summed E-state index contributed by atoms with van der Waals surface area (Å²) in [6.07, 6.45) is 0.0215. The lowest BCUT2D eigenvalue weighted by molar-refractivity contribution is -0.121. The molecule has 0 aliphatic carbocycles. The van der Waals surface area contributed by atoms with Crippen LogP contribution in [0.4, 0.5) is 5.69 Å². The fourth-order valence-electron chi connectivity index (χ4n) is 1.30. The molecule has 0 saturated carbocycles. The summed E-state index contributed by atoms with van der Waals surface area (Å²) in [6, 6.07) is 8.96. The van der Waals surface area contributed by atoms with E-state index in [1.54, 1.807) is 24.3 Å². The van der Waals surface area contributed by atoms with Crippen LogP contribution in [0, 0.1) is 0 Å². The molecule has 0 N–H and O–H groups in total. The van der Waals surface area contributed by atoms with Gasteiger partial charge in [-0.2, -0.15) is 5.01 Å². The highest BCUT2D eigenvalue weighted by Gasteiger charge is 2.26. The molecule has 0 bridgehead atoms. The van der Waals surface area contributed by atoms with Gasteiger partial charge >= 0.3 is 0 Å². The largest absolute Gasteiger partial charge is 0.412 e. The fraction of sp³-hybridized carbons (Fsp3) is 0.100. The number of nitrogens with zero attached hydrogens (tertiary/aromatic N) is 2. The van der Waals surface area contributed by atoms with Crippen molar-refractivity contribution in [2.75, 3.05) is 5.01 Å². The topological polar surface area (TPSA) is 59.0 Å². The van der Waals surface area contributed by atoms with E-state index < -0.39 is 0 Å². The Labute approximate surface area is 85.9 Å². The molecule has 0 atom stereocenters. The summed E-state index contributed by atoms with van der Waals surface area (Å²) in [4.78, 5) is 21.6. The van der Waals surface area contributed by atoms with Gasteiger partial charge in [0.15, 0.2) is 0 Å². The summed E-state index contributed by atoms with van der Waals surface area (Å²) in [5.41, 5.74) is 0.659. The maximum Gasteiger partial charge on any atom is 0.299 e. The number of carbonyl (C=O) groups excluding carboxylic acids is 2. The normalized spacial score (nSPS) is 15.1. The first-order valence-corrected chi connectivity index (χ1v) is 4.37. The van der Waals surface area contributed by atoms with Gasteiger partial charge in [0.25, 0.3) is 12.4 Å². The minimum absolute atomic E-state index is 0.0215. The molecule has 0 unspecified atom stereocenters. The van der Waals surface area contributed by atoms with Crippen LogP contribution >= 0.6 is 0 Å². The maximum absolute atomic E-state index is 11.5. The van der Waals surface area contributed by atoms with Crippen molar-refractivity contribution in [1.29, 1.82) is 0 Å². The Bertz CT molecular complexity index is 414. The van der Waals surface area contributed by atoms with Crippen LogP contribution in [0.25, 0.3) is 0 Å². The lowest BCUT2D eigenvalue weighted by atomic mass is 10.3. The minimum atomic E-state index is -0.210. The molecule has 5 heteroatoms. The van der Waals surface area contributed by atoms with Crippen LogP contribution in [0.1, 0.15) is 6.42 Å². The van der Waals surface area contributed by atoms with Crippen LogP contribution in [0.5, 0.6) is 0 Å². The Kier molecular flexibility index (Phi) is 2.45. The summed E-state index contributed by atoms with van der Waals surface area (Å²) < 4.78 is 4.53. The van der Waals surface area contributed by atoms with E-state index >= 15 is 0 Å². The molecular weight excluding hydrogens is 196 g/mol. The molecule has 1 heterocycles. The second-order valence-corrected chi connectivity index (χ2v) is 2.93. The summed E-state index contributed by atoms with van der Waals surface area (Å²) in [5, 5.41) is 5.10. The average Bonchev–Trinajstić information content (AvgIpc) is 2.61. The molecule has 15 heavy (non-hydrogen) atoms. The molecule has 5 nitrogen and oxygen atoms in total. The van der Waals surface area contributed by atoms with Crippen molar-refractivity contribution in [3.05, 3.63) is 30.3 Å². The third-order valence-electron chi connectivity index (χ3n) is 1.94. The van der Waals surface area contributed by atoms with Crippen molar-refractivity contribution in [2.24, 2.45) is 5.10 Å². The predicted octanol–water partition coefficient (Wildman–Crippen LogP) is 0.910. The predicted molar refractivity (Wildman–Crippen MR) is 53.1 cm³/mol. The zero-order chi connectivity index (χ0) is 10.7. The van der Waals surface area contributed by atoms with Crippen LogP contribution in [0.15, 0.2) is 35.4 Å². The van der Waals surface area contributed by atoms with Gasteiger partial charge in [0.2, 0.25) is 5.90 Å². The Morgan fingerprint density at radius 1 is 1.33 bits per heavy atom. The van der Waals surface area contributed by atoms with E-state index in [9.17, 15) is 9.59 Å². The number of carbonyl (C=O) groups is 2. The van der Waals surface area contributed by atoms with Gasteiger partial charge in [-0.25, -0.2) is 0 Å². The standard InChI is InChI=1S/C10H8N2O3/c13-7-15-9-6-10(14)12(11-9)8-4-2-1-3-5-8/h1-5,7H,6H2. The Balaban J connectivity index is 2.24. The average molecular weight is 204 g/mol. The van der Waals surface area contributed by atoms with Gasteiger partial charge in [-0.3, -0.25) is 9.59 Å². The zero-order valence-electron chi connectivity index (χ0n) is 7.79. The highest BCUT2D eigenvalue weighted by atomic mass is 16.5. The van der Waals surface area contributed by atoms with Gasteiger partial charge in [-0.1, -0.05) is 18.2 Å². The van der Waals surface area contributed by atoms with Gasteiger partial charge < -0.3 is 4.74 Å². The van der Waals surface area contributed by atoms with Crippen LogP contribution < -0.4 is 5.01 Å². The molecule has 0 spiro atoms. The number of rotatable bonds is 2. The third-order valence-corrected chi connectivity index (χ3v) is 1.94. The highest BCUT2D eigenvalue weighted by Crippen LogP contribution is 2.19. The Morgan fingerprint density at radius 2 is 2.07 bits per heavy atom. The molecule has 1 aliphatic rings. The molecule has 0 fully saturated rings. The molecule has 1 amide bonds. The summed E-state index contributed by atoms with van der Waals surface area (Å²) in [7, 11) is 0. The number of benzene rings is 1. The quantitative estimate of drug-likeness (QED) is 0.673. The fourth-order valence-corrected chi connectivity index (χ4v) is 1.30. The van der Waals surface area contributed by atoms with Crippen LogP contribution in [-0.2, 0) is 14.3 Å². The van der Waals surface area contributed by atoms with Crippen molar-refractivity contribution >= 4 is 24.0 Å². The van der Waals surface area contributed by atoms with E-state index in [4.69, 9.17) is 0 Å². The van der Waals surface area contributed by atoms with E-state index in [0.717, 1.165) is 0 Å². The first-order chi connectivity index (χ1) is 7.31. The van der Waals surface area contributed by atoms with Gasteiger partial charge in [-0.05, 0) is 12.1 Å². The Morgan fingerprint density at radius 3 is 2.73 bits per heavy atom. The molecule has 0 radical (unpaired) electrons. The number of hydrazone groups is 1. The van der Waals surface area contributed by atoms with E-state index in [0.29, 0.717) is 5.69 Å². The van der Waals surface area contributed by atoms with Gasteiger partial charge in [0.1, 0.15) is 6.42 Å². The lowest BCUT2D eigenvalue weighted by Gasteiger charge is -2.09. The molecular formula is C10H8N2O3. The lowest BCUT2D eigenvalue weighted by Crippen LogP contribution is -2.19. The number of hydrogen-bond donors (Lipinski definition) is 0. The van der Waals surface area contributed by atoms with E-state index in [1.807, 2.05) is 6.07 Å². The second-order valence-electron chi connectivity index (χ2n) is 2.93. The first-order valence-electron chi connectivity index (χ1n) is 4.37. The molecule has 1 aromatic carbocycles. The number of amides is 1. The van der Waals surface area contributed by atoms with Crippen LogP contribution in [0.3, 0.4) is 0 Å². The van der Waals surface area contributed by atoms with Crippen LogP contribution in [0.2, 0.25) is 0 Å². The van der Waals surface area contributed by atoms with Gasteiger partial charge in [0.05, 0.1) is 5.69 Å². The van der Waals surface area contributed by atoms with Crippen molar-refractivity contribution in [1.82, 2.24) is 0 Å². The second kappa shape index (κ2) is 3.91.